The summed E-state index contributed by atoms with van der Waals surface area (Å²) in [6, 6.07) is 1.83. The van der Waals surface area contributed by atoms with Crippen LogP contribution in [-0.2, 0) is 4.74 Å². The number of hydrogen-bond acceptors (Lipinski definition) is 3. The van der Waals surface area contributed by atoms with Gasteiger partial charge in [0.15, 0.2) is 0 Å². The lowest BCUT2D eigenvalue weighted by Gasteiger charge is -2.03. The molecule has 0 spiro atoms. The third-order valence-electron chi connectivity index (χ3n) is 2.41. The molecular weight excluding hydrogens is 219 g/mol. The molecule has 1 heterocycles. The molecule has 0 aromatic carbocycles. The molecule has 80 valence electrons. The highest BCUT2D eigenvalue weighted by Crippen LogP contribution is 2.26. The summed E-state index contributed by atoms with van der Waals surface area (Å²) in [5.74, 6) is -0.367. The quantitative estimate of drug-likeness (QED) is 0.574. The summed E-state index contributed by atoms with van der Waals surface area (Å²) in [5.41, 5.74) is 1.63. The maximum atomic E-state index is 11.4. The van der Waals surface area contributed by atoms with Gasteiger partial charge in [-0.15, -0.1) is 11.3 Å². The van der Waals surface area contributed by atoms with Crippen molar-refractivity contribution >= 4 is 36.2 Å². The van der Waals surface area contributed by atoms with E-state index >= 15 is 0 Å². The fourth-order valence-electron chi connectivity index (χ4n) is 1.60. The minimum atomic E-state index is -0.367. The highest BCUT2D eigenvalue weighted by Gasteiger charge is 2.14. The number of carbonyl (C=O) groups excluding carboxylic acids is 1. The van der Waals surface area contributed by atoms with Gasteiger partial charge in [0.05, 0.1) is 7.11 Å². The van der Waals surface area contributed by atoms with Crippen LogP contribution in [0, 0.1) is 0 Å². The van der Waals surface area contributed by atoms with Crippen molar-refractivity contribution in [1.82, 2.24) is 0 Å². The van der Waals surface area contributed by atoms with E-state index in [1.807, 2.05) is 6.07 Å². The number of methoxy groups -OCH3 is 1. The first-order chi connectivity index (χ1) is 7.72. The molecular formula is C12H11BO2S. The molecule has 0 aliphatic heterocycles. The molecule has 1 aliphatic rings. The van der Waals surface area contributed by atoms with E-state index in [0.717, 1.165) is 23.3 Å². The van der Waals surface area contributed by atoms with Crippen LogP contribution >= 0.6 is 11.3 Å². The molecule has 1 aromatic heterocycles. The molecule has 0 unspecified atom stereocenters. The van der Waals surface area contributed by atoms with E-state index in [9.17, 15) is 4.79 Å². The van der Waals surface area contributed by atoms with Gasteiger partial charge in [-0.3, -0.25) is 0 Å². The molecule has 0 N–H and O–H groups in total. The molecule has 0 saturated carbocycles. The van der Waals surface area contributed by atoms with Gasteiger partial charge in [0.25, 0.3) is 0 Å². The summed E-state index contributed by atoms with van der Waals surface area (Å²) in [4.78, 5) is 12.9. The number of thiophene rings is 1. The van der Waals surface area contributed by atoms with Crippen LogP contribution in [0.4, 0.5) is 0 Å². The first kappa shape index (κ1) is 11.2. The molecule has 4 heteroatoms. The zero-order valence-corrected chi connectivity index (χ0v) is 9.84. The van der Waals surface area contributed by atoms with Gasteiger partial charge < -0.3 is 4.74 Å². The minimum Gasteiger partial charge on any atom is -0.465 e. The molecule has 0 fully saturated rings. The number of carbonyl (C=O) groups is 1. The highest BCUT2D eigenvalue weighted by molar-refractivity contribution is 7.16. The lowest BCUT2D eigenvalue weighted by atomic mass is 9.95. The zero-order chi connectivity index (χ0) is 11.5. The molecule has 0 amide bonds. The number of hydrogen-bond donors (Lipinski definition) is 0. The van der Waals surface area contributed by atoms with E-state index in [-0.39, 0.29) is 5.97 Å². The van der Waals surface area contributed by atoms with Crippen molar-refractivity contribution in [3.05, 3.63) is 34.0 Å². The van der Waals surface area contributed by atoms with Gasteiger partial charge >= 0.3 is 5.97 Å². The lowest BCUT2D eigenvalue weighted by Crippen LogP contribution is -2.11. The molecule has 1 aliphatic carbocycles. The predicted octanol–water partition coefficient (Wildman–Crippen LogP) is 2.06. The number of ether oxygens (including phenoxy) is 1. The Kier molecular flexibility index (Phi) is 3.29. The van der Waals surface area contributed by atoms with Gasteiger partial charge in [-0.25, -0.2) is 4.79 Å². The molecule has 0 bridgehead atoms. The molecule has 16 heavy (non-hydrogen) atoms. The van der Waals surface area contributed by atoms with Crippen LogP contribution in [0.5, 0.6) is 0 Å². The first-order valence-electron chi connectivity index (χ1n) is 5.07. The Hall–Kier alpha value is -1.29. The van der Waals surface area contributed by atoms with Crippen molar-refractivity contribution < 1.29 is 9.53 Å². The van der Waals surface area contributed by atoms with E-state index in [1.54, 1.807) is 0 Å². The summed E-state index contributed by atoms with van der Waals surface area (Å²) in [6.45, 7) is 0. The van der Waals surface area contributed by atoms with Crippen molar-refractivity contribution in [3.63, 3.8) is 0 Å². The van der Waals surface area contributed by atoms with Gasteiger partial charge in [0, 0.05) is 4.88 Å². The van der Waals surface area contributed by atoms with E-state index in [4.69, 9.17) is 7.85 Å². The average Bonchev–Trinajstić information content (AvgIpc) is 2.71. The maximum absolute atomic E-state index is 11.4. The van der Waals surface area contributed by atoms with Gasteiger partial charge in [-0.2, -0.15) is 0 Å². The largest absolute Gasteiger partial charge is 0.465 e. The van der Waals surface area contributed by atoms with Crippen molar-refractivity contribution in [2.75, 3.05) is 7.11 Å². The Labute approximate surface area is 100 Å². The van der Waals surface area contributed by atoms with E-state index in [0.29, 0.717) is 10.3 Å². The Bertz CT molecular complexity index is 471. The summed E-state index contributed by atoms with van der Waals surface area (Å²) in [6.07, 6.45) is 8.47. The topological polar surface area (TPSA) is 26.3 Å². The number of esters is 1. The fourth-order valence-corrected chi connectivity index (χ4v) is 2.61. The predicted molar refractivity (Wildman–Crippen MR) is 67.4 cm³/mol. The van der Waals surface area contributed by atoms with Gasteiger partial charge in [0.2, 0.25) is 0 Å². The van der Waals surface area contributed by atoms with Crippen molar-refractivity contribution in [3.8, 4) is 0 Å². The standard InChI is InChI=1S/C12H11BO2S/c1-15-12(14)11-9(13)7-10(16-11)8-5-3-2-4-6-8/h3,5-7H,2,4H2,1H3. The first-order valence-corrected chi connectivity index (χ1v) is 5.88. The van der Waals surface area contributed by atoms with Gasteiger partial charge in [-0.05, 0) is 24.5 Å². The van der Waals surface area contributed by atoms with Crippen LogP contribution in [-0.4, -0.2) is 20.9 Å². The van der Waals surface area contributed by atoms with Crippen molar-refractivity contribution in [1.29, 1.82) is 0 Å². The molecule has 0 atom stereocenters. The molecule has 0 saturated heterocycles. The number of allylic oxidation sites excluding steroid dienone is 4. The van der Waals surface area contributed by atoms with Crippen LogP contribution in [0.15, 0.2) is 24.3 Å². The van der Waals surface area contributed by atoms with Crippen molar-refractivity contribution in [2.24, 2.45) is 0 Å². The molecule has 2 nitrogen and oxygen atoms in total. The average molecular weight is 230 g/mol. The zero-order valence-electron chi connectivity index (χ0n) is 9.03. The van der Waals surface area contributed by atoms with E-state index in [1.165, 1.54) is 18.4 Å². The molecule has 2 rings (SSSR count). The third kappa shape index (κ3) is 2.12. The maximum Gasteiger partial charge on any atom is 0.347 e. The SMILES string of the molecule is [B]c1cc(C2=CCCC=C2)sc1C(=O)OC. The Morgan fingerprint density at radius 1 is 1.50 bits per heavy atom. The molecule has 2 radical (unpaired) electrons. The van der Waals surface area contributed by atoms with E-state index in [2.05, 4.69) is 23.0 Å². The van der Waals surface area contributed by atoms with Crippen LogP contribution < -0.4 is 5.46 Å². The minimum absolute atomic E-state index is 0.367. The molecule has 1 aromatic rings. The van der Waals surface area contributed by atoms with Crippen LogP contribution in [0.25, 0.3) is 5.57 Å². The second kappa shape index (κ2) is 4.70. The third-order valence-corrected chi connectivity index (χ3v) is 3.59. The van der Waals surface area contributed by atoms with E-state index < -0.39 is 0 Å². The smallest absolute Gasteiger partial charge is 0.347 e. The second-order valence-electron chi connectivity index (χ2n) is 3.53. The summed E-state index contributed by atoms with van der Waals surface area (Å²) in [5, 5.41) is 0. The Balaban J connectivity index is 2.34. The second-order valence-corrected chi connectivity index (χ2v) is 4.58. The Morgan fingerprint density at radius 3 is 2.94 bits per heavy atom. The fraction of sp³-hybridized carbons (Fsp3) is 0.250. The van der Waals surface area contributed by atoms with Gasteiger partial charge in [0.1, 0.15) is 12.7 Å². The summed E-state index contributed by atoms with van der Waals surface area (Å²) >= 11 is 1.38. The van der Waals surface area contributed by atoms with Crippen LogP contribution in [0.3, 0.4) is 0 Å². The summed E-state index contributed by atoms with van der Waals surface area (Å²) in [7, 11) is 7.14. The lowest BCUT2D eigenvalue weighted by molar-refractivity contribution is 0.0607. The normalized spacial score (nSPS) is 14.7. The number of rotatable bonds is 2. The van der Waals surface area contributed by atoms with Gasteiger partial charge in [-0.1, -0.05) is 23.7 Å². The van der Waals surface area contributed by atoms with Crippen LogP contribution in [0.2, 0.25) is 0 Å². The monoisotopic (exact) mass is 230 g/mol. The van der Waals surface area contributed by atoms with Crippen LogP contribution in [0.1, 0.15) is 27.4 Å². The highest BCUT2D eigenvalue weighted by atomic mass is 32.1. The Morgan fingerprint density at radius 2 is 2.31 bits per heavy atom. The van der Waals surface area contributed by atoms with Crippen molar-refractivity contribution in [2.45, 2.75) is 12.8 Å². The summed E-state index contributed by atoms with van der Waals surface area (Å²) < 4.78 is 4.67.